The van der Waals surface area contributed by atoms with E-state index in [4.69, 9.17) is 14.9 Å². The molecule has 0 radical (unpaired) electrons. The highest BCUT2D eigenvalue weighted by molar-refractivity contribution is 5.37. The molecule has 0 aliphatic heterocycles. The highest BCUT2D eigenvalue weighted by atomic mass is 16.5. The van der Waals surface area contributed by atoms with Crippen molar-refractivity contribution in [1.29, 1.82) is 0 Å². The Bertz CT molecular complexity index is 502. The summed E-state index contributed by atoms with van der Waals surface area (Å²) in [5, 5.41) is 4.15. The summed E-state index contributed by atoms with van der Waals surface area (Å²) in [5.74, 6) is 1.60. The van der Waals surface area contributed by atoms with Crippen LogP contribution in [0.2, 0.25) is 0 Å². The summed E-state index contributed by atoms with van der Waals surface area (Å²) in [5.41, 5.74) is 8.09. The molecule has 1 atom stereocenters. The molecule has 17 heavy (non-hydrogen) atoms. The van der Waals surface area contributed by atoms with Crippen LogP contribution in [0, 0.1) is 0 Å². The summed E-state index contributed by atoms with van der Waals surface area (Å²) < 4.78 is 12.4. The number of rotatable bonds is 4. The van der Waals surface area contributed by atoms with Gasteiger partial charge in [-0.3, -0.25) is 4.68 Å². The molecule has 0 amide bonds. The minimum atomic E-state index is -0.286. The summed E-state index contributed by atoms with van der Waals surface area (Å²) in [6.45, 7) is 2.04. The SMILES string of the molecule is CCc1occc1C(N)c1c(OC)cnn1C. The molecule has 0 aromatic carbocycles. The van der Waals surface area contributed by atoms with Crippen LogP contribution in [0.3, 0.4) is 0 Å². The van der Waals surface area contributed by atoms with Gasteiger partial charge in [-0.05, 0) is 6.07 Å². The van der Waals surface area contributed by atoms with Crippen LogP contribution in [-0.4, -0.2) is 16.9 Å². The average Bonchev–Trinajstić information content (AvgIpc) is 2.93. The van der Waals surface area contributed by atoms with E-state index in [2.05, 4.69) is 5.10 Å². The molecule has 92 valence electrons. The van der Waals surface area contributed by atoms with Crippen molar-refractivity contribution >= 4 is 0 Å². The zero-order chi connectivity index (χ0) is 12.4. The van der Waals surface area contributed by atoms with Gasteiger partial charge >= 0.3 is 0 Å². The third kappa shape index (κ3) is 1.93. The first-order valence-electron chi connectivity index (χ1n) is 5.56. The molecule has 2 N–H and O–H groups in total. The summed E-state index contributed by atoms with van der Waals surface area (Å²) in [6.07, 6.45) is 4.15. The van der Waals surface area contributed by atoms with Gasteiger partial charge in [0, 0.05) is 19.0 Å². The summed E-state index contributed by atoms with van der Waals surface area (Å²) in [7, 11) is 3.47. The van der Waals surface area contributed by atoms with Gasteiger partial charge in [0.15, 0.2) is 5.75 Å². The summed E-state index contributed by atoms with van der Waals surface area (Å²) in [6, 6.07) is 1.61. The lowest BCUT2D eigenvalue weighted by molar-refractivity contribution is 0.405. The number of methoxy groups -OCH3 is 1. The number of furan rings is 1. The molecular formula is C12H17N3O2. The van der Waals surface area contributed by atoms with Crippen molar-refractivity contribution < 1.29 is 9.15 Å². The van der Waals surface area contributed by atoms with Gasteiger partial charge in [0.2, 0.25) is 0 Å². The normalized spacial score (nSPS) is 12.7. The fraction of sp³-hybridized carbons (Fsp3) is 0.417. The highest BCUT2D eigenvalue weighted by Crippen LogP contribution is 2.30. The smallest absolute Gasteiger partial charge is 0.161 e. The van der Waals surface area contributed by atoms with E-state index < -0.39 is 0 Å². The maximum atomic E-state index is 6.26. The second kappa shape index (κ2) is 4.63. The third-order valence-corrected chi connectivity index (χ3v) is 2.90. The number of aryl methyl sites for hydroxylation is 2. The second-order valence-corrected chi connectivity index (χ2v) is 3.85. The van der Waals surface area contributed by atoms with Gasteiger partial charge in [-0.25, -0.2) is 0 Å². The monoisotopic (exact) mass is 235 g/mol. The zero-order valence-electron chi connectivity index (χ0n) is 10.3. The van der Waals surface area contributed by atoms with Gasteiger partial charge in [-0.2, -0.15) is 5.10 Å². The molecule has 5 nitrogen and oxygen atoms in total. The molecule has 0 spiro atoms. The largest absolute Gasteiger partial charge is 0.493 e. The van der Waals surface area contributed by atoms with Crippen LogP contribution in [0.25, 0.3) is 0 Å². The van der Waals surface area contributed by atoms with E-state index in [1.807, 2.05) is 20.0 Å². The fourth-order valence-corrected chi connectivity index (χ4v) is 2.00. The standard InChI is InChI=1S/C12H17N3O2/c1-4-9-8(5-6-17-9)11(13)12-10(16-3)7-14-15(12)2/h5-7,11H,4,13H2,1-3H3. The van der Waals surface area contributed by atoms with Crippen molar-refractivity contribution in [2.75, 3.05) is 7.11 Å². The van der Waals surface area contributed by atoms with Gasteiger partial charge in [0.1, 0.15) is 11.5 Å². The fourth-order valence-electron chi connectivity index (χ4n) is 2.00. The molecule has 0 bridgehead atoms. The van der Waals surface area contributed by atoms with E-state index in [1.54, 1.807) is 24.3 Å². The molecule has 2 aromatic heterocycles. The van der Waals surface area contributed by atoms with Gasteiger partial charge in [0.05, 0.1) is 25.6 Å². The van der Waals surface area contributed by atoms with E-state index >= 15 is 0 Å². The third-order valence-electron chi connectivity index (χ3n) is 2.90. The Balaban J connectivity index is 2.43. The summed E-state index contributed by atoms with van der Waals surface area (Å²) >= 11 is 0. The molecule has 0 aliphatic carbocycles. The van der Waals surface area contributed by atoms with Crippen molar-refractivity contribution in [3.05, 3.63) is 35.5 Å². The van der Waals surface area contributed by atoms with Gasteiger partial charge in [-0.1, -0.05) is 6.92 Å². The molecule has 2 heterocycles. The lowest BCUT2D eigenvalue weighted by Gasteiger charge is -2.13. The number of nitrogens with two attached hydrogens (primary N) is 1. The van der Waals surface area contributed by atoms with Gasteiger partial charge in [0.25, 0.3) is 0 Å². The molecule has 2 aromatic rings. The minimum absolute atomic E-state index is 0.286. The van der Waals surface area contributed by atoms with E-state index in [0.29, 0.717) is 5.75 Å². The number of nitrogens with zero attached hydrogens (tertiary/aromatic N) is 2. The van der Waals surface area contributed by atoms with Crippen LogP contribution in [0.15, 0.2) is 22.9 Å². The van der Waals surface area contributed by atoms with E-state index in [-0.39, 0.29) is 6.04 Å². The number of hydrogen-bond donors (Lipinski definition) is 1. The Labute approximate surface area is 100 Å². The highest BCUT2D eigenvalue weighted by Gasteiger charge is 2.22. The van der Waals surface area contributed by atoms with E-state index in [1.165, 1.54) is 0 Å². The molecule has 5 heteroatoms. The Morgan fingerprint density at radius 3 is 3.00 bits per heavy atom. The zero-order valence-corrected chi connectivity index (χ0v) is 10.3. The van der Waals surface area contributed by atoms with Gasteiger partial charge in [-0.15, -0.1) is 0 Å². The molecule has 0 aliphatic rings. The van der Waals surface area contributed by atoms with Crippen LogP contribution in [-0.2, 0) is 13.5 Å². The van der Waals surface area contributed by atoms with Crippen LogP contribution < -0.4 is 10.5 Å². The first-order valence-corrected chi connectivity index (χ1v) is 5.56. The second-order valence-electron chi connectivity index (χ2n) is 3.85. The maximum Gasteiger partial charge on any atom is 0.161 e. The molecule has 0 saturated carbocycles. The van der Waals surface area contributed by atoms with Crippen LogP contribution in [0.1, 0.15) is 30.0 Å². The Morgan fingerprint density at radius 1 is 1.59 bits per heavy atom. The van der Waals surface area contributed by atoms with Crippen LogP contribution >= 0.6 is 0 Å². The lowest BCUT2D eigenvalue weighted by Crippen LogP contribution is -2.17. The molecule has 0 fully saturated rings. The van der Waals surface area contributed by atoms with Crippen molar-refractivity contribution in [2.24, 2.45) is 12.8 Å². The van der Waals surface area contributed by atoms with E-state index in [9.17, 15) is 0 Å². The lowest BCUT2D eigenvalue weighted by atomic mass is 10.0. The Kier molecular flexibility index (Phi) is 3.19. The Hall–Kier alpha value is -1.75. The van der Waals surface area contributed by atoms with Crippen molar-refractivity contribution in [3.63, 3.8) is 0 Å². The van der Waals surface area contributed by atoms with Crippen LogP contribution in [0.4, 0.5) is 0 Å². The molecule has 1 unspecified atom stereocenters. The topological polar surface area (TPSA) is 66.2 Å². The van der Waals surface area contributed by atoms with Crippen molar-refractivity contribution in [2.45, 2.75) is 19.4 Å². The van der Waals surface area contributed by atoms with Crippen molar-refractivity contribution in [3.8, 4) is 5.75 Å². The predicted octanol–water partition coefficient (Wildman–Crippen LogP) is 1.63. The number of aromatic nitrogens is 2. The first kappa shape index (κ1) is 11.7. The predicted molar refractivity (Wildman–Crippen MR) is 63.9 cm³/mol. The molecule has 2 rings (SSSR count). The maximum absolute atomic E-state index is 6.26. The van der Waals surface area contributed by atoms with E-state index in [0.717, 1.165) is 23.4 Å². The average molecular weight is 235 g/mol. The summed E-state index contributed by atoms with van der Waals surface area (Å²) in [4.78, 5) is 0. The quantitative estimate of drug-likeness (QED) is 0.874. The number of ether oxygens (including phenoxy) is 1. The minimum Gasteiger partial charge on any atom is -0.493 e. The van der Waals surface area contributed by atoms with Crippen molar-refractivity contribution in [1.82, 2.24) is 9.78 Å². The van der Waals surface area contributed by atoms with Crippen LogP contribution in [0.5, 0.6) is 5.75 Å². The molecule has 0 saturated heterocycles. The first-order chi connectivity index (χ1) is 8.19. The Morgan fingerprint density at radius 2 is 2.35 bits per heavy atom. The van der Waals surface area contributed by atoms with Gasteiger partial charge < -0.3 is 14.9 Å². The number of hydrogen-bond acceptors (Lipinski definition) is 4. The molecular weight excluding hydrogens is 218 g/mol.